The second-order valence-corrected chi connectivity index (χ2v) is 6.37. The van der Waals surface area contributed by atoms with Gasteiger partial charge in [0.1, 0.15) is 23.0 Å². The van der Waals surface area contributed by atoms with Crippen LogP contribution in [0.2, 0.25) is 0 Å². The van der Waals surface area contributed by atoms with E-state index in [2.05, 4.69) is 10.2 Å². The molecule has 0 aromatic heterocycles. The lowest BCUT2D eigenvalue weighted by Gasteiger charge is -2.40. The number of hydrogen-bond donors (Lipinski definition) is 1. The van der Waals surface area contributed by atoms with Gasteiger partial charge in [-0.15, -0.1) is 0 Å². The maximum Gasteiger partial charge on any atom is 0.129 e. The van der Waals surface area contributed by atoms with Crippen LogP contribution in [0.4, 0.5) is 8.78 Å². The second-order valence-electron chi connectivity index (χ2n) is 6.37. The monoisotopic (exact) mass is 346 g/mol. The molecule has 1 N–H and O–H groups in total. The summed E-state index contributed by atoms with van der Waals surface area (Å²) in [6.07, 6.45) is 1.69. The van der Waals surface area contributed by atoms with Crippen molar-refractivity contribution < 1.29 is 13.5 Å². The van der Waals surface area contributed by atoms with Crippen LogP contribution in [0.3, 0.4) is 0 Å². The summed E-state index contributed by atoms with van der Waals surface area (Å²) >= 11 is 0. The first-order valence-electron chi connectivity index (χ1n) is 8.67. The molecule has 1 saturated heterocycles. The summed E-state index contributed by atoms with van der Waals surface area (Å²) in [6, 6.07) is 11.5. The summed E-state index contributed by atoms with van der Waals surface area (Å²) in [5.74, 6) is 0.0136. The summed E-state index contributed by atoms with van der Waals surface area (Å²) in [7, 11) is 1.63. The van der Waals surface area contributed by atoms with Gasteiger partial charge in [-0.3, -0.25) is 10.2 Å². The van der Waals surface area contributed by atoms with E-state index >= 15 is 0 Å². The third kappa shape index (κ3) is 3.53. The van der Waals surface area contributed by atoms with Crippen molar-refractivity contribution >= 4 is 0 Å². The molecule has 1 atom stereocenters. The fraction of sp³-hybridized carbons (Fsp3) is 0.400. The van der Waals surface area contributed by atoms with Gasteiger partial charge in [-0.1, -0.05) is 19.1 Å². The average molecular weight is 346 g/mol. The SMILES string of the molecule is CCN1CCCC1(NCc1ccc(OC)cc1)c1cc(F)ccc1F. The molecule has 2 aromatic rings. The second kappa shape index (κ2) is 7.50. The van der Waals surface area contributed by atoms with Crippen molar-refractivity contribution in [1.29, 1.82) is 0 Å². The fourth-order valence-corrected chi connectivity index (χ4v) is 3.71. The van der Waals surface area contributed by atoms with Crippen LogP contribution in [0.5, 0.6) is 5.75 Å². The van der Waals surface area contributed by atoms with Crippen LogP contribution >= 0.6 is 0 Å². The third-order valence-corrected chi connectivity index (χ3v) is 5.01. The Morgan fingerprint density at radius 1 is 1.16 bits per heavy atom. The maximum atomic E-state index is 14.6. The van der Waals surface area contributed by atoms with Crippen molar-refractivity contribution in [2.45, 2.75) is 32.0 Å². The molecule has 0 radical (unpaired) electrons. The molecule has 2 aromatic carbocycles. The Morgan fingerprint density at radius 3 is 2.60 bits per heavy atom. The van der Waals surface area contributed by atoms with Gasteiger partial charge in [0.15, 0.2) is 0 Å². The highest BCUT2D eigenvalue weighted by molar-refractivity contribution is 5.30. The average Bonchev–Trinajstić information content (AvgIpc) is 3.06. The zero-order valence-electron chi connectivity index (χ0n) is 14.7. The Hall–Kier alpha value is -1.98. The summed E-state index contributed by atoms with van der Waals surface area (Å²) in [6.45, 7) is 4.25. The molecule has 0 bridgehead atoms. The van der Waals surface area contributed by atoms with Crippen LogP contribution in [0, 0.1) is 11.6 Å². The van der Waals surface area contributed by atoms with E-state index in [1.807, 2.05) is 31.2 Å². The van der Waals surface area contributed by atoms with Crippen LogP contribution in [0.25, 0.3) is 0 Å². The number of hydrogen-bond acceptors (Lipinski definition) is 3. The Morgan fingerprint density at radius 2 is 1.92 bits per heavy atom. The van der Waals surface area contributed by atoms with E-state index in [1.54, 1.807) is 7.11 Å². The van der Waals surface area contributed by atoms with Crippen LogP contribution in [0.1, 0.15) is 30.9 Å². The van der Waals surface area contributed by atoms with E-state index in [4.69, 9.17) is 4.74 Å². The van der Waals surface area contributed by atoms with Gasteiger partial charge in [-0.2, -0.15) is 0 Å². The van der Waals surface area contributed by atoms with E-state index in [-0.39, 0.29) is 5.82 Å². The molecule has 1 fully saturated rings. The highest BCUT2D eigenvalue weighted by Crippen LogP contribution is 2.38. The number of nitrogens with zero attached hydrogens (tertiary/aromatic N) is 1. The number of halogens is 2. The summed E-state index contributed by atoms with van der Waals surface area (Å²) in [4.78, 5) is 2.19. The highest BCUT2D eigenvalue weighted by atomic mass is 19.1. The summed E-state index contributed by atoms with van der Waals surface area (Å²) in [5.41, 5.74) is 0.779. The molecule has 5 heteroatoms. The molecule has 1 heterocycles. The molecule has 0 spiro atoms. The Labute approximate surface area is 147 Å². The summed E-state index contributed by atoms with van der Waals surface area (Å²) < 4.78 is 33.6. The number of rotatable bonds is 6. The van der Waals surface area contributed by atoms with Crippen LogP contribution < -0.4 is 10.1 Å². The zero-order valence-corrected chi connectivity index (χ0v) is 14.7. The Kier molecular flexibility index (Phi) is 5.35. The van der Waals surface area contributed by atoms with Gasteiger partial charge in [-0.25, -0.2) is 8.78 Å². The highest BCUT2D eigenvalue weighted by Gasteiger charge is 2.43. The number of nitrogens with one attached hydrogen (secondary N) is 1. The van der Waals surface area contributed by atoms with Gasteiger partial charge >= 0.3 is 0 Å². The van der Waals surface area contributed by atoms with Crippen molar-refractivity contribution in [2.24, 2.45) is 0 Å². The van der Waals surface area contributed by atoms with E-state index in [0.29, 0.717) is 12.1 Å². The predicted octanol–water partition coefficient (Wildman–Crippen LogP) is 4.03. The van der Waals surface area contributed by atoms with E-state index in [1.165, 1.54) is 18.2 Å². The molecule has 1 aliphatic rings. The van der Waals surface area contributed by atoms with Crippen molar-refractivity contribution in [3.63, 3.8) is 0 Å². The van der Waals surface area contributed by atoms with Crippen LogP contribution in [-0.2, 0) is 12.2 Å². The van der Waals surface area contributed by atoms with E-state index in [0.717, 1.165) is 37.2 Å². The zero-order chi connectivity index (χ0) is 17.9. The van der Waals surface area contributed by atoms with Gasteiger partial charge in [-0.05, 0) is 55.3 Å². The van der Waals surface area contributed by atoms with Crippen LogP contribution in [-0.4, -0.2) is 25.1 Å². The number of ether oxygens (including phenoxy) is 1. The van der Waals surface area contributed by atoms with Gasteiger partial charge in [0.2, 0.25) is 0 Å². The topological polar surface area (TPSA) is 24.5 Å². The van der Waals surface area contributed by atoms with Gasteiger partial charge < -0.3 is 4.74 Å². The van der Waals surface area contributed by atoms with Crippen LogP contribution in [0.15, 0.2) is 42.5 Å². The smallest absolute Gasteiger partial charge is 0.129 e. The number of methoxy groups -OCH3 is 1. The predicted molar refractivity (Wildman–Crippen MR) is 94.4 cm³/mol. The van der Waals surface area contributed by atoms with E-state index in [9.17, 15) is 8.78 Å². The molecule has 25 heavy (non-hydrogen) atoms. The minimum atomic E-state index is -0.680. The molecule has 134 valence electrons. The molecule has 3 rings (SSSR count). The lowest BCUT2D eigenvalue weighted by Crippen LogP contribution is -2.52. The lowest BCUT2D eigenvalue weighted by molar-refractivity contribution is 0.0964. The first-order valence-corrected chi connectivity index (χ1v) is 8.67. The number of benzene rings is 2. The standard InChI is InChI=1S/C20H24F2N2O/c1-3-24-12-4-11-20(24,18-13-16(21)7-10-19(18)22)23-14-15-5-8-17(25-2)9-6-15/h5-10,13,23H,3-4,11-12,14H2,1-2H3. The number of likely N-dealkylation sites (tertiary alicyclic amines) is 1. The summed E-state index contributed by atoms with van der Waals surface area (Å²) in [5, 5.41) is 3.51. The Balaban J connectivity index is 1.90. The van der Waals surface area contributed by atoms with Crippen molar-refractivity contribution in [1.82, 2.24) is 10.2 Å². The molecule has 1 unspecified atom stereocenters. The van der Waals surface area contributed by atoms with Crippen molar-refractivity contribution in [3.8, 4) is 5.75 Å². The van der Waals surface area contributed by atoms with Gasteiger partial charge in [0.05, 0.1) is 7.11 Å². The minimum absolute atomic E-state index is 0.371. The Bertz CT molecular complexity index is 720. The normalized spacial score (nSPS) is 20.8. The largest absolute Gasteiger partial charge is 0.497 e. The molecule has 0 saturated carbocycles. The van der Waals surface area contributed by atoms with E-state index < -0.39 is 11.5 Å². The molecular weight excluding hydrogens is 322 g/mol. The van der Waals surface area contributed by atoms with Crippen molar-refractivity contribution in [3.05, 3.63) is 65.2 Å². The molecule has 0 amide bonds. The fourth-order valence-electron chi connectivity index (χ4n) is 3.71. The van der Waals surface area contributed by atoms with Gasteiger partial charge in [0, 0.05) is 18.7 Å². The maximum absolute atomic E-state index is 14.6. The van der Waals surface area contributed by atoms with Gasteiger partial charge in [0.25, 0.3) is 0 Å². The molecule has 1 aliphatic heterocycles. The molecule has 3 nitrogen and oxygen atoms in total. The third-order valence-electron chi connectivity index (χ3n) is 5.01. The first-order chi connectivity index (χ1) is 12.1. The van der Waals surface area contributed by atoms with Crippen molar-refractivity contribution in [2.75, 3.05) is 20.2 Å². The minimum Gasteiger partial charge on any atom is -0.497 e. The molecular formula is C20H24F2N2O. The lowest BCUT2D eigenvalue weighted by atomic mass is 9.94. The molecule has 0 aliphatic carbocycles. The first kappa shape index (κ1) is 17.8. The quantitative estimate of drug-likeness (QED) is 0.855.